The lowest BCUT2D eigenvalue weighted by Crippen LogP contribution is -2.53. The fourth-order valence-corrected chi connectivity index (χ4v) is 7.19. The Morgan fingerprint density at radius 1 is 0.683 bits per heavy atom. The monoisotopic (exact) mass is 585 g/mol. The SMILES string of the molecule is CCCCCCCCCCCCCCCCOP(=O)([O-])OC1CC[N+](Cc2ccccc2)(Cc2ccccc2)CC1. The molecule has 0 N–H and O–H groups in total. The molecule has 2 aromatic rings. The quantitative estimate of drug-likeness (QED) is 0.0785. The van der Waals surface area contributed by atoms with E-state index in [0.717, 1.165) is 49.9 Å². The average Bonchev–Trinajstić information content (AvgIpc) is 2.97. The lowest BCUT2D eigenvalue weighted by molar-refractivity contribution is -0.958. The van der Waals surface area contributed by atoms with E-state index in [1.807, 2.05) is 0 Å². The van der Waals surface area contributed by atoms with E-state index in [0.29, 0.717) is 12.8 Å². The number of hydrogen-bond donors (Lipinski definition) is 0. The van der Waals surface area contributed by atoms with E-state index in [-0.39, 0.29) is 12.7 Å². The van der Waals surface area contributed by atoms with Crippen molar-refractivity contribution in [3.63, 3.8) is 0 Å². The average molecular weight is 586 g/mol. The third-order valence-corrected chi connectivity index (χ3v) is 9.65. The third kappa shape index (κ3) is 14.5. The molecule has 1 heterocycles. The van der Waals surface area contributed by atoms with Gasteiger partial charge in [-0.05, 0) is 6.42 Å². The van der Waals surface area contributed by atoms with Gasteiger partial charge in [-0.2, -0.15) is 0 Å². The molecule has 3 rings (SSSR count). The maximum atomic E-state index is 12.6. The van der Waals surface area contributed by atoms with Crippen molar-refractivity contribution in [2.24, 2.45) is 0 Å². The van der Waals surface area contributed by atoms with E-state index in [9.17, 15) is 9.46 Å². The van der Waals surface area contributed by atoms with Crippen LogP contribution in [0.25, 0.3) is 0 Å². The van der Waals surface area contributed by atoms with Crippen LogP contribution in [0.2, 0.25) is 0 Å². The first-order chi connectivity index (χ1) is 20.0. The number of benzene rings is 2. The predicted molar refractivity (Wildman–Crippen MR) is 168 cm³/mol. The van der Waals surface area contributed by atoms with Crippen LogP contribution in [0.1, 0.15) is 121 Å². The van der Waals surface area contributed by atoms with Crippen molar-refractivity contribution in [2.75, 3.05) is 19.7 Å². The van der Waals surface area contributed by atoms with E-state index in [1.54, 1.807) is 0 Å². The van der Waals surface area contributed by atoms with Gasteiger partial charge in [-0.25, -0.2) is 0 Å². The van der Waals surface area contributed by atoms with Crippen LogP contribution in [-0.2, 0) is 26.7 Å². The summed E-state index contributed by atoms with van der Waals surface area (Å²) in [6.45, 7) is 6.14. The van der Waals surface area contributed by atoms with Gasteiger partial charge < -0.3 is 18.4 Å². The number of nitrogens with zero attached hydrogens (tertiary/aromatic N) is 1. The molecule has 2 aromatic carbocycles. The number of piperidine rings is 1. The zero-order valence-electron chi connectivity index (χ0n) is 25.7. The van der Waals surface area contributed by atoms with E-state index < -0.39 is 7.82 Å². The number of phosphoric acid groups is 1. The molecule has 5 nitrogen and oxygen atoms in total. The first kappa shape index (κ1) is 34.0. The fraction of sp³-hybridized carbons (Fsp3) is 0.657. The van der Waals surface area contributed by atoms with Crippen LogP contribution in [0.15, 0.2) is 60.7 Å². The predicted octanol–water partition coefficient (Wildman–Crippen LogP) is 9.35. The highest BCUT2D eigenvalue weighted by atomic mass is 31.2. The summed E-state index contributed by atoms with van der Waals surface area (Å²) in [7, 11) is -4.28. The van der Waals surface area contributed by atoms with Crippen molar-refractivity contribution in [2.45, 2.75) is 129 Å². The summed E-state index contributed by atoms with van der Waals surface area (Å²) in [5.74, 6) is 0. The van der Waals surface area contributed by atoms with Gasteiger partial charge in [-0.3, -0.25) is 4.57 Å². The summed E-state index contributed by atoms with van der Waals surface area (Å²) in [5.41, 5.74) is 2.63. The number of rotatable bonds is 22. The molecule has 0 radical (unpaired) electrons. The minimum Gasteiger partial charge on any atom is -0.756 e. The lowest BCUT2D eigenvalue weighted by Gasteiger charge is -2.44. The molecule has 1 atom stereocenters. The van der Waals surface area contributed by atoms with Gasteiger partial charge in [0.05, 0.1) is 25.8 Å². The first-order valence-electron chi connectivity index (χ1n) is 16.6. The van der Waals surface area contributed by atoms with Crippen LogP contribution in [0.4, 0.5) is 0 Å². The standard InChI is InChI=1S/C35H56NO4P/c1-2-3-4-5-6-7-8-9-10-11-12-13-14-21-30-39-41(37,38)40-35-26-28-36(29-27-35,31-33-22-17-15-18-23-33)32-34-24-19-16-20-25-34/h15-20,22-25,35H,2-14,21,26-32H2,1H3. The molecule has 230 valence electrons. The molecule has 6 heteroatoms. The number of likely N-dealkylation sites (tertiary alicyclic amines) is 1. The Morgan fingerprint density at radius 3 is 1.54 bits per heavy atom. The van der Waals surface area contributed by atoms with Crippen LogP contribution >= 0.6 is 7.82 Å². The molecule has 0 bridgehead atoms. The van der Waals surface area contributed by atoms with Gasteiger partial charge in [0.2, 0.25) is 0 Å². The van der Waals surface area contributed by atoms with Gasteiger partial charge in [0.15, 0.2) is 0 Å². The molecule has 1 aliphatic rings. The molecular weight excluding hydrogens is 529 g/mol. The third-order valence-electron chi connectivity index (χ3n) is 8.60. The van der Waals surface area contributed by atoms with Crippen LogP contribution < -0.4 is 4.89 Å². The van der Waals surface area contributed by atoms with Gasteiger partial charge in [0.25, 0.3) is 7.82 Å². The summed E-state index contributed by atoms with van der Waals surface area (Å²) in [5, 5.41) is 0. The molecule has 0 aromatic heterocycles. The van der Waals surface area contributed by atoms with Crippen molar-refractivity contribution < 1.29 is 23.0 Å². The van der Waals surface area contributed by atoms with Gasteiger partial charge in [0.1, 0.15) is 13.1 Å². The lowest BCUT2D eigenvalue weighted by atomic mass is 10.0. The molecule has 1 unspecified atom stereocenters. The minimum absolute atomic E-state index is 0.230. The number of phosphoric ester groups is 1. The maximum Gasteiger partial charge on any atom is 0.268 e. The molecule has 0 amide bonds. The summed E-state index contributed by atoms with van der Waals surface area (Å²) in [6, 6.07) is 21.2. The molecule has 41 heavy (non-hydrogen) atoms. The molecule has 0 saturated carbocycles. The zero-order valence-corrected chi connectivity index (χ0v) is 26.6. The van der Waals surface area contributed by atoms with Gasteiger partial charge in [-0.15, -0.1) is 0 Å². The first-order valence-corrected chi connectivity index (χ1v) is 18.0. The van der Waals surface area contributed by atoms with Crippen LogP contribution in [0, 0.1) is 0 Å². The Morgan fingerprint density at radius 2 is 1.10 bits per heavy atom. The minimum atomic E-state index is -4.28. The fourth-order valence-electron chi connectivity index (χ4n) is 6.20. The number of unbranched alkanes of at least 4 members (excludes halogenated alkanes) is 13. The number of hydrogen-bond acceptors (Lipinski definition) is 4. The smallest absolute Gasteiger partial charge is 0.268 e. The van der Waals surface area contributed by atoms with Gasteiger partial charge in [-0.1, -0.05) is 151 Å². The van der Waals surface area contributed by atoms with Crippen molar-refractivity contribution in [1.82, 2.24) is 0 Å². The Kier molecular flexibility index (Phi) is 16.3. The van der Waals surface area contributed by atoms with E-state index in [4.69, 9.17) is 9.05 Å². The summed E-state index contributed by atoms with van der Waals surface area (Å²) >= 11 is 0. The van der Waals surface area contributed by atoms with Crippen molar-refractivity contribution in [3.05, 3.63) is 71.8 Å². The Balaban J connectivity index is 1.27. The normalized spacial score (nSPS) is 16.9. The summed E-state index contributed by atoms with van der Waals surface area (Å²) < 4.78 is 24.3. The zero-order chi connectivity index (χ0) is 29.1. The van der Waals surface area contributed by atoms with Crippen molar-refractivity contribution in [3.8, 4) is 0 Å². The molecule has 0 spiro atoms. The Labute approximate surface area is 250 Å². The Hall–Kier alpha value is -1.49. The molecule has 1 aliphatic heterocycles. The van der Waals surface area contributed by atoms with Crippen molar-refractivity contribution in [1.29, 1.82) is 0 Å². The van der Waals surface area contributed by atoms with Crippen molar-refractivity contribution >= 4 is 7.82 Å². The molecule has 1 fully saturated rings. The van der Waals surface area contributed by atoms with Crippen LogP contribution in [0.3, 0.4) is 0 Å². The Bertz CT molecular complexity index is 919. The summed E-state index contributed by atoms with van der Waals surface area (Å²) in [6.07, 6.45) is 18.9. The highest BCUT2D eigenvalue weighted by molar-refractivity contribution is 7.45. The van der Waals surface area contributed by atoms with E-state index in [1.165, 1.54) is 81.8 Å². The highest BCUT2D eigenvalue weighted by Gasteiger charge is 2.36. The molecule has 1 saturated heterocycles. The van der Waals surface area contributed by atoms with E-state index in [2.05, 4.69) is 67.6 Å². The van der Waals surface area contributed by atoms with Gasteiger partial charge >= 0.3 is 0 Å². The molecular formula is C35H56NO4P. The van der Waals surface area contributed by atoms with Crippen LogP contribution in [0.5, 0.6) is 0 Å². The second-order valence-electron chi connectivity index (χ2n) is 12.3. The van der Waals surface area contributed by atoms with E-state index >= 15 is 0 Å². The second-order valence-corrected chi connectivity index (χ2v) is 13.6. The second kappa shape index (κ2) is 19.7. The largest absolute Gasteiger partial charge is 0.756 e. The van der Waals surface area contributed by atoms with Crippen LogP contribution in [-0.4, -0.2) is 30.3 Å². The highest BCUT2D eigenvalue weighted by Crippen LogP contribution is 2.43. The maximum absolute atomic E-state index is 12.6. The van der Waals surface area contributed by atoms with Gasteiger partial charge in [0, 0.05) is 24.0 Å². The summed E-state index contributed by atoms with van der Waals surface area (Å²) in [4.78, 5) is 12.6. The molecule has 0 aliphatic carbocycles. The topological polar surface area (TPSA) is 58.6 Å². The number of quaternary nitrogens is 1.